The highest BCUT2D eigenvalue weighted by atomic mass is 16.5. The molecule has 1 aromatic heterocycles. The number of aromatic amines is 1. The van der Waals surface area contributed by atoms with Crippen molar-refractivity contribution < 1.29 is 19.1 Å². The van der Waals surface area contributed by atoms with E-state index in [0.29, 0.717) is 18.0 Å². The summed E-state index contributed by atoms with van der Waals surface area (Å²) >= 11 is 0. The van der Waals surface area contributed by atoms with Gasteiger partial charge in [0, 0.05) is 42.5 Å². The molecule has 2 amide bonds. The summed E-state index contributed by atoms with van der Waals surface area (Å²) in [6, 6.07) is 23.5. The second kappa shape index (κ2) is 10.2. The van der Waals surface area contributed by atoms with Gasteiger partial charge in [-0.1, -0.05) is 42.5 Å². The molecule has 7 nitrogen and oxygen atoms in total. The number of ether oxygens (including phenoxy) is 2. The molecule has 2 unspecified atom stereocenters. The van der Waals surface area contributed by atoms with Gasteiger partial charge in [-0.25, -0.2) is 0 Å². The van der Waals surface area contributed by atoms with E-state index in [4.69, 9.17) is 9.47 Å². The van der Waals surface area contributed by atoms with Crippen LogP contribution in [0.1, 0.15) is 30.4 Å². The van der Waals surface area contributed by atoms with E-state index in [1.165, 1.54) is 0 Å². The maximum absolute atomic E-state index is 12.9. The molecule has 0 spiro atoms. The lowest BCUT2D eigenvalue weighted by atomic mass is 9.90. The number of aromatic nitrogens is 1. The number of nitrogens with zero attached hydrogens (tertiary/aromatic N) is 1. The van der Waals surface area contributed by atoms with Crippen LogP contribution in [0.3, 0.4) is 0 Å². The summed E-state index contributed by atoms with van der Waals surface area (Å²) < 4.78 is 11.0. The molecule has 0 aliphatic carbocycles. The van der Waals surface area contributed by atoms with Crippen molar-refractivity contribution in [3.05, 3.63) is 90.1 Å². The second-order valence-corrected chi connectivity index (χ2v) is 8.89. The van der Waals surface area contributed by atoms with Crippen LogP contribution in [0.25, 0.3) is 10.9 Å². The van der Waals surface area contributed by atoms with Gasteiger partial charge in [-0.3, -0.25) is 9.59 Å². The molecular weight excluding hydrogens is 454 g/mol. The number of benzene rings is 3. The van der Waals surface area contributed by atoms with Gasteiger partial charge in [0.2, 0.25) is 5.91 Å². The molecular formula is C29H29N3O4. The third-order valence-electron chi connectivity index (χ3n) is 6.65. The summed E-state index contributed by atoms with van der Waals surface area (Å²) in [5, 5.41) is 4.22. The van der Waals surface area contributed by atoms with Gasteiger partial charge in [-0.05, 0) is 48.4 Å². The summed E-state index contributed by atoms with van der Waals surface area (Å²) in [4.78, 5) is 30.7. The fourth-order valence-electron chi connectivity index (χ4n) is 4.73. The predicted octanol–water partition coefficient (Wildman–Crippen LogP) is 4.63. The number of anilines is 1. The van der Waals surface area contributed by atoms with Crippen molar-refractivity contribution in [1.82, 2.24) is 10.3 Å². The zero-order valence-corrected chi connectivity index (χ0v) is 20.4. The second-order valence-electron chi connectivity index (χ2n) is 8.89. The molecule has 3 aromatic carbocycles. The van der Waals surface area contributed by atoms with Crippen LogP contribution < -0.4 is 19.7 Å². The lowest BCUT2D eigenvalue weighted by Gasteiger charge is -2.32. The van der Waals surface area contributed by atoms with Crippen LogP contribution in [0.15, 0.2) is 79.0 Å². The third kappa shape index (κ3) is 4.64. The van der Waals surface area contributed by atoms with Crippen molar-refractivity contribution in [3.63, 3.8) is 0 Å². The number of fused-ring (bicyclic) bond motifs is 2. The number of carbonyl (C=O) groups excluding carboxylic acids is 2. The quantitative estimate of drug-likeness (QED) is 0.383. The Labute approximate surface area is 210 Å². The summed E-state index contributed by atoms with van der Waals surface area (Å²) in [6.45, 7) is 2.44. The maximum atomic E-state index is 12.9. The van der Waals surface area contributed by atoms with Crippen molar-refractivity contribution in [2.45, 2.75) is 25.4 Å². The molecule has 1 aliphatic heterocycles. The lowest BCUT2D eigenvalue weighted by Crippen LogP contribution is -2.46. The molecule has 0 saturated carbocycles. The van der Waals surface area contributed by atoms with Crippen LogP contribution in [-0.4, -0.2) is 43.1 Å². The Balaban J connectivity index is 1.31. The molecule has 0 radical (unpaired) electrons. The fraction of sp³-hybridized carbons (Fsp3) is 0.241. The zero-order chi connectivity index (χ0) is 25.1. The minimum absolute atomic E-state index is 0.0539. The number of H-pyrrole nitrogens is 1. The highest BCUT2D eigenvalue weighted by Gasteiger charge is 2.31. The largest absolute Gasteiger partial charge is 0.497 e. The molecule has 5 rings (SSSR count). The van der Waals surface area contributed by atoms with E-state index in [1.807, 2.05) is 72.9 Å². The third-order valence-corrected chi connectivity index (χ3v) is 6.65. The average Bonchev–Trinajstić information content (AvgIpc) is 3.33. The Kier molecular flexibility index (Phi) is 6.62. The molecule has 1 aliphatic rings. The van der Waals surface area contributed by atoms with Crippen LogP contribution in [-0.2, 0) is 9.59 Å². The van der Waals surface area contributed by atoms with E-state index >= 15 is 0 Å². The van der Waals surface area contributed by atoms with Gasteiger partial charge in [-0.2, -0.15) is 0 Å². The van der Waals surface area contributed by atoms with E-state index in [-0.39, 0.29) is 30.7 Å². The van der Waals surface area contributed by atoms with Gasteiger partial charge in [0.25, 0.3) is 5.91 Å². The summed E-state index contributed by atoms with van der Waals surface area (Å²) in [5.41, 5.74) is 3.94. The lowest BCUT2D eigenvalue weighted by molar-refractivity contribution is -0.125. The number of carbonyl (C=O) groups is 2. The molecule has 36 heavy (non-hydrogen) atoms. The van der Waals surface area contributed by atoms with Gasteiger partial charge in [0.05, 0.1) is 12.8 Å². The van der Waals surface area contributed by atoms with Gasteiger partial charge in [-0.15, -0.1) is 0 Å². The standard InChI is InChI=1S/C29H29N3O4/c1-19-29(34)32(26-9-5-6-10-27(26)36-19)16-15-28(33)31-17-23(20-11-13-21(35-2)14-12-20)24-18-30-25-8-4-3-7-22(24)25/h3-14,18-19,23,30H,15-17H2,1-2H3,(H,31,33). The molecule has 184 valence electrons. The maximum Gasteiger partial charge on any atom is 0.267 e. The molecule has 2 N–H and O–H groups in total. The normalized spacial score (nSPS) is 15.8. The van der Waals surface area contributed by atoms with E-state index < -0.39 is 6.10 Å². The van der Waals surface area contributed by atoms with Crippen LogP contribution in [0.5, 0.6) is 11.5 Å². The Bertz CT molecular complexity index is 1380. The Hall–Kier alpha value is -4.26. The van der Waals surface area contributed by atoms with Crippen molar-refractivity contribution in [2.75, 3.05) is 25.1 Å². The van der Waals surface area contributed by atoms with Crippen LogP contribution in [0.4, 0.5) is 5.69 Å². The summed E-state index contributed by atoms with van der Waals surface area (Å²) in [6.07, 6.45) is 1.62. The predicted molar refractivity (Wildman–Crippen MR) is 140 cm³/mol. The summed E-state index contributed by atoms with van der Waals surface area (Å²) in [5.74, 6) is 1.13. The van der Waals surface area contributed by atoms with E-state index in [2.05, 4.69) is 16.4 Å². The molecule has 0 fully saturated rings. The smallest absolute Gasteiger partial charge is 0.267 e. The Morgan fingerprint density at radius 3 is 2.64 bits per heavy atom. The number of hydrogen-bond acceptors (Lipinski definition) is 4. The number of hydrogen-bond donors (Lipinski definition) is 2. The van der Waals surface area contributed by atoms with E-state index in [9.17, 15) is 9.59 Å². The highest BCUT2D eigenvalue weighted by Crippen LogP contribution is 2.34. The topological polar surface area (TPSA) is 83.7 Å². The number of methoxy groups -OCH3 is 1. The zero-order valence-electron chi connectivity index (χ0n) is 20.4. The minimum Gasteiger partial charge on any atom is -0.497 e. The van der Waals surface area contributed by atoms with Gasteiger partial charge in [0.15, 0.2) is 6.10 Å². The molecule has 2 atom stereocenters. The van der Waals surface area contributed by atoms with Crippen LogP contribution in [0, 0.1) is 0 Å². The molecule has 2 heterocycles. The van der Waals surface area contributed by atoms with E-state index in [0.717, 1.165) is 27.8 Å². The number of amides is 2. The van der Waals surface area contributed by atoms with Crippen molar-refractivity contribution in [3.8, 4) is 11.5 Å². The van der Waals surface area contributed by atoms with Crippen molar-refractivity contribution >= 4 is 28.4 Å². The number of para-hydroxylation sites is 3. The highest BCUT2D eigenvalue weighted by molar-refractivity contribution is 6.00. The van der Waals surface area contributed by atoms with Crippen molar-refractivity contribution in [1.29, 1.82) is 0 Å². The first-order chi connectivity index (χ1) is 17.5. The molecule has 7 heteroatoms. The first-order valence-electron chi connectivity index (χ1n) is 12.1. The number of rotatable bonds is 8. The molecule has 0 saturated heterocycles. The number of nitrogens with one attached hydrogen (secondary N) is 2. The van der Waals surface area contributed by atoms with Gasteiger partial charge >= 0.3 is 0 Å². The summed E-state index contributed by atoms with van der Waals surface area (Å²) in [7, 11) is 1.64. The molecule has 0 bridgehead atoms. The first-order valence-corrected chi connectivity index (χ1v) is 12.1. The van der Waals surface area contributed by atoms with Crippen molar-refractivity contribution in [2.24, 2.45) is 0 Å². The SMILES string of the molecule is COc1ccc(C(CNC(=O)CCN2C(=O)C(C)Oc3ccccc32)c2c[nH]c3ccccc23)cc1. The minimum atomic E-state index is -0.579. The Morgan fingerprint density at radius 1 is 1.08 bits per heavy atom. The van der Waals surface area contributed by atoms with Gasteiger partial charge < -0.3 is 24.7 Å². The van der Waals surface area contributed by atoms with E-state index in [1.54, 1.807) is 18.9 Å². The monoisotopic (exact) mass is 483 g/mol. The Morgan fingerprint density at radius 2 is 1.83 bits per heavy atom. The van der Waals surface area contributed by atoms with Gasteiger partial charge in [0.1, 0.15) is 11.5 Å². The first kappa shape index (κ1) is 23.5. The average molecular weight is 484 g/mol. The molecule has 4 aromatic rings. The van der Waals surface area contributed by atoms with Crippen LogP contribution >= 0.6 is 0 Å². The van der Waals surface area contributed by atoms with Crippen LogP contribution in [0.2, 0.25) is 0 Å². The fourth-order valence-corrected chi connectivity index (χ4v) is 4.73.